The van der Waals surface area contributed by atoms with Crippen molar-refractivity contribution in [3.05, 3.63) is 53.3 Å². The van der Waals surface area contributed by atoms with Gasteiger partial charge in [-0.25, -0.2) is 0 Å². The third-order valence-corrected chi connectivity index (χ3v) is 4.36. The summed E-state index contributed by atoms with van der Waals surface area (Å²) in [6, 6.07) is 7.57. The predicted octanol–water partition coefficient (Wildman–Crippen LogP) is 2.57. The van der Waals surface area contributed by atoms with Crippen molar-refractivity contribution in [2.45, 2.75) is 19.4 Å². The summed E-state index contributed by atoms with van der Waals surface area (Å²) in [5.41, 5.74) is 3.04. The highest BCUT2D eigenvalue weighted by Crippen LogP contribution is 2.40. The molecule has 2 aliphatic rings. The van der Waals surface area contributed by atoms with Crippen molar-refractivity contribution in [2.24, 2.45) is 0 Å². The van der Waals surface area contributed by atoms with E-state index in [1.54, 1.807) is 24.5 Å². The molecule has 4 rings (SSSR count). The number of nitrogens with zero attached hydrogens (tertiary/aromatic N) is 2. The van der Waals surface area contributed by atoms with Crippen LogP contribution in [0.15, 0.2) is 36.7 Å². The maximum absolute atomic E-state index is 12.7. The lowest BCUT2D eigenvalue weighted by atomic mass is 9.92. The van der Waals surface area contributed by atoms with Crippen molar-refractivity contribution in [3.8, 4) is 11.5 Å². The van der Waals surface area contributed by atoms with E-state index >= 15 is 0 Å². The number of aromatic nitrogens is 1. The molecule has 2 aliphatic heterocycles. The third kappa shape index (κ3) is 2.01. The normalized spacial score (nSPS) is 19.0. The summed E-state index contributed by atoms with van der Waals surface area (Å²) < 4.78 is 10.9. The molecule has 0 bridgehead atoms. The highest BCUT2D eigenvalue weighted by Gasteiger charge is 2.30. The molecule has 3 heterocycles. The molecule has 0 saturated heterocycles. The molecule has 22 heavy (non-hydrogen) atoms. The molecule has 0 saturated carbocycles. The predicted molar refractivity (Wildman–Crippen MR) is 80.0 cm³/mol. The molecule has 1 unspecified atom stereocenters. The van der Waals surface area contributed by atoms with Gasteiger partial charge in [0.1, 0.15) is 0 Å². The first-order valence-corrected chi connectivity index (χ1v) is 7.37. The highest BCUT2D eigenvalue weighted by molar-refractivity contribution is 5.94. The average molecular weight is 296 g/mol. The average Bonchev–Trinajstić information content (AvgIpc) is 3.01. The number of rotatable bonds is 1. The summed E-state index contributed by atoms with van der Waals surface area (Å²) in [6.45, 7) is 3.03. The SMILES string of the molecule is CC1c2cc3c(cc2CCN1C(=O)c1ccncc1)OCO3. The van der Waals surface area contributed by atoms with Gasteiger partial charge < -0.3 is 14.4 Å². The minimum atomic E-state index is 0.0129. The van der Waals surface area contributed by atoms with Crippen LogP contribution in [-0.4, -0.2) is 29.1 Å². The largest absolute Gasteiger partial charge is 0.454 e. The first-order chi connectivity index (χ1) is 10.7. The van der Waals surface area contributed by atoms with Gasteiger partial charge in [0, 0.05) is 24.5 Å². The fourth-order valence-corrected chi connectivity index (χ4v) is 3.15. The van der Waals surface area contributed by atoms with E-state index in [0.29, 0.717) is 12.1 Å². The molecule has 0 spiro atoms. The number of carbonyl (C=O) groups is 1. The number of fused-ring (bicyclic) bond motifs is 2. The monoisotopic (exact) mass is 296 g/mol. The van der Waals surface area contributed by atoms with Crippen LogP contribution in [0.25, 0.3) is 0 Å². The highest BCUT2D eigenvalue weighted by atomic mass is 16.7. The second-order valence-electron chi connectivity index (χ2n) is 5.56. The third-order valence-electron chi connectivity index (χ3n) is 4.36. The number of ether oxygens (including phenoxy) is 2. The van der Waals surface area contributed by atoms with Crippen LogP contribution in [0, 0.1) is 0 Å². The number of pyridine rings is 1. The van der Waals surface area contributed by atoms with E-state index in [4.69, 9.17) is 9.47 Å². The molecule has 1 aromatic carbocycles. The Morgan fingerprint density at radius 1 is 1.23 bits per heavy atom. The van der Waals surface area contributed by atoms with Crippen LogP contribution in [-0.2, 0) is 6.42 Å². The van der Waals surface area contributed by atoms with Crippen LogP contribution in [0.3, 0.4) is 0 Å². The topological polar surface area (TPSA) is 51.7 Å². The Hall–Kier alpha value is -2.56. The van der Waals surface area contributed by atoms with Gasteiger partial charge in [-0.1, -0.05) is 0 Å². The summed E-state index contributed by atoms with van der Waals surface area (Å²) in [7, 11) is 0. The lowest BCUT2D eigenvalue weighted by Crippen LogP contribution is -2.38. The zero-order chi connectivity index (χ0) is 15.1. The van der Waals surface area contributed by atoms with Gasteiger partial charge in [-0.2, -0.15) is 0 Å². The molecule has 5 heteroatoms. The van der Waals surface area contributed by atoms with E-state index in [-0.39, 0.29) is 18.7 Å². The van der Waals surface area contributed by atoms with Crippen LogP contribution in [0.2, 0.25) is 0 Å². The van der Waals surface area contributed by atoms with Gasteiger partial charge in [0.25, 0.3) is 5.91 Å². The summed E-state index contributed by atoms with van der Waals surface area (Å²) in [5.74, 6) is 1.61. The number of benzene rings is 1. The Bertz CT molecular complexity index is 730. The van der Waals surface area contributed by atoms with Crippen LogP contribution < -0.4 is 9.47 Å². The minimum absolute atomic E-state index is 0.0129. The summed E-state index contributed by atoms with van der Waals surface area (Å²) >= 11 is 0. The Kier molecular flexibility index (Phi) is 2.99. The summed E-state index contributed by atoms with van der Waals surface area (Å²) in [6.07, 6.45) is 4.12. The van der Waals surface area contributed by atoms with Gasteiger partial charge >= 0.3 is 0 Å². The van der Waals surface area contributed by atoms with Gasteiger partial charge in [0.05, 0.1) is 6.04 Å². The fourth-order valence-electron chi connectivity index (χ4n) is 3.15. The van der Waals surface area contributed by atoms with E-state index in [1.807, 2.05) is 17.0 Å². The first-order valence-electron chi connectivity index (χ1n) is 7.37. The van der Waals surface area contributed by atoms with Crippen molar-refractivity contribution >= 4 is 5.91 Å². The summed E-state index contributed by atoms with van der Waals surface area (Å²) in [4.78, 5) is 18.6. The van der Waals surface area contributed by atoms with Gasteiger partial charge in [-0.15, -0.1) is 0 Å². The Morgan fingerprint density at radius 3 is 2.73 bits per heavy atom. The van der Waals surface area contributed by atoms with Crippen LogP contribution >= 0.6 is 0 Å². The Morgan fingerprint density at radius 2 is 1.95 bits per heavy atom. The standard InChI is InChI=1S/C17H16N2O3/c1-11-14-9-16-15(21-10-22-16)8-13(14)4-7-19(11)17(20)12-2-5-18-6-3-12/h2-3,5-6,8-9,11H,4,7,10H2,1H3. The Labute approximate surface area is 128 Å². The lowest BCUT2D eigenvalue weighted by Gasteiger charge is -2.35. The first kappa shape index (κ1) is 13.1. The molecule has 2 aromatic rings. The zero-order valence-electron chi connectivity index (χ0n) is 12.3. The van der Waals surface area contributed by atoms with Crippen molar-refractivity contribution in [3.63, 3.8) is 0 Å². The van der Waals surface area contributed by atoms with Crippen LogP contribution in [0.4, 0.5) is 0 Å². The second kappa shape index (κ2) is 5.02. The maximum atomic E-state index is 12.7. The van der Waals surface area contributed by atoms with Gasteiger partial charge in [-0.05, 0) is 48.7 Å². The molecule has 112 valence electrons. The van der Waals surface area contributed by atoms with Crippen molar-refractivity contribution in [2.75, 3.05) is 13.3 Å². The molecule has 0 radical (unpaired) electrons. The fraction of sp³-hybridized carbons (Fsp3) is 0.294. The van der Waals surface area contributed by atoms with E-state index < -0.39 is 0 Å². The smallest absolute Gasteiger partial charge is 0.254 e. The minimum Gasteiger partial charge on any atom is -0.454 e. The van der Waals surface area contributed by atoms with Crippen molar-refractivity contribution in [1.82, 2.24) is 9.88 Å². The van der Waals surface area contributed by atoms with Gasteiger partial charge in [0.2, 0.25) is 6.79 Å². The molecule has 1 atom stereocenters. The molecule has 0 aliphatic carbocycles. The zero-order valence-corrected chi connectivity index (χ0v) is 12.3. The van der Waals surface area contributed by atoms with E-state index in [1.165, 1.54) is 5.56 Å². The number of hydrogen-bond donors (Lipinski definition) is 0. The molecule has 1 aromatic heterocycles. The van der Waals surface area contributed by atoms with Crippen molar-refractivity contribution in [1.29, 1.82) is 0 Å². The van der Waals surface area contributed by atoms with Gasteiger partial charge in [-0.3, -0.25) is 9.78 Å². The quantitative estimate of drug-likeness (QED) is 0.811. The summed E-state index contributed by atoms with van der Waals surface area (Å²) in [5, 5.41) is 0. The number of amides is 1. The molecule has 1 amide bonds. The molecule has 0 N–H and O–H groups in total. The van der Waals surface area contributed by atoms with Crippen LogP contribution in [0.5, 0.6) is 11.5 Å². The molecular weight excluding hydrogens is 280 g/mol. The molecule has 5 nitrogen and oxygen atoms in total. The maximum Gasteiger partial charge on any atom is 0.254 e. The van der Waals surface area contributed by atoms with E-state index in [2.05, 4.69) is 11.9 Å². The Balaban J connectivity index is 1.67. The van der Waals surface area contributed by atoms with Crippen LogP contribution in [0.1, 0.15) is 34.5 Å². The van der Waals surface area contributed by atoms with Gasteiger partial charge in [0.15, 0.2) is 11.5 Å². The second-order valence-corrected chi connectivity index (χ2v) is 5.56. The molecular formula is C17H16N2O3. The number of carbonyl (C=O) groups excluding carboxylic acids is 1. The van der Waals surface area contributed by atoms with E-state index in [9.17, 15) is 4.79 Å². The lowest BCUT2D eigenvalue weighted by molar-refractivity contribution is 0.0677. The van der Waals surface area contributed by atoms with E-state index in [0.717, 1.165) is 23.5 Å². The molecule has 0 fully saturated rings. The number of hydrogen-bond acceptors (Lipinski definition) is 4. The van der Waals surface area contributed by atoms with Crippen molar-refractivity contribution < 1.29 is 14.3 Å².